The number of para-hydroxylation sites is 1. The van der Waals surface area contributed by atoms with Crippen LogP contribution in [0.15, 0.2) is 40.5 Å². The van der Waals surface area contributed by atoms with Crippen LogP contribution in [0.3, 0.4) is 0 Å². The molecule has 0 N–H and O–H groups in total. The third-order valence-electron chi connectivity index (χ3n) is 5.11. The van der Waals surface area contributed by atoms with Crippen molar-refractivity contribution >= 4 is 22.8 Å². The van der Waals surface area contributed by atoms with Gasteiger partial charge in [-0.3, -0.25) is 4.79 Å². The molecule has 1 aromatic heterocycles. The molecule has 0 spiro atoms. The van der Waals surface area contributed by atoms with Gasteiger partial charge in [0.25, 0.3) is 5.91 Å². The number of nitrogens with zero attached hydrogens (tertiary/aromatic N) is 1. The van der Waals surface area contributed by atoms with E-state index in [2.05, 4.69) is 6.08 Å². The first-order chi connectivity index (χ1) is 12.6. The maximum absolute atomic E-state index is 12.7. The fraction of sp³-hybridized carbons (Fsp3) is 0.429. The highest BCUT2D eigenvalue weighted by atomic mass is 16.5. The lowest BCUT2D eigenvalue weighted by atomic mass is 10.0. The van der Waals surface area contributed by atoms with Crippen LogP contribution in [0, 0.1) is 6.92 Å². The third kappa shape index (κ3) is 3.26. The van der Waals surface area contributed by atoms with Crippen LogP contribution in [0.25, 0.3) is 11.0 Å². The first-order valence-corrected chi connectivity index (χ1v) is 9.31. The van der Waals surface area contributed by atoms with Crippen molar-refractivity contribution in [1.82, 2.24) is 4.90 Å². The highest BCUT2D eigenvalue weighted by Gasteiger charge is 2.35. The molecule has 0 radical (unpaired) electrons. The third-order valence-corrected chi connectivity index (χ3v) is 5.11. The number of fused-ring (bicyclic) bond motifs is 1. The Kier molecular flexibility index (Phi) is 4.53. The first-order valence-electron chi connectivity index (χ1n) is 9.31. The number of furan rings is 1. The Morgan fingerprint density at radius 2 is 2.04 bits per heavy atom. The number of benzene rings is 1. The van der Waals surface area contributed by atoms with Gasteiger partial charge in [-0.25, -0.2) is 4.79 Å². The summed E-state index contributed by atoms with van der Waals surface area (Å²) >= 11 is 0. The van der Waals surface area contributed by atoms with Crippen LogP contribution in [-0.4, -0.2) is 29.4 Å². The Hall–Kier alpha value is -2.56. The highest BCUT2D eigenvalue weighted by Crippen LogP contribution is 2.34. The molecular formula is C21H23NO4. The molecule has 4 rings (SSSR count). The van der Waals surface area contributed by atoms with Crippen molar-refractivity contribution < 1.29 is 18.7 Å². The van der Waals surface area contributed by atoms with E-state index in [0.717, 1.165) is 48.8 Å². The second-order valence-corrected chi connectivity index (χ2v) is 7.06. The summed E-state index contributed by atoms with van der Waals surface area (Å²) in [6.45, 7) is 1.58. The minimum Gasteiger partial charge on any atom is -0.450 e. The number of rotatable bonds is 5. The minimum absolute atomic E-state index is 0.136. The molecule has 1 amide bonds. The zero-order valence-electron chi connectivity index (χ0n) is 15.0. The van der Waals surface area contributed by atoms with Gasteiger partial charge in [-0.1, -0.05) is 24.3 Å². The van der Waals surface area contributed by atoms with Gasteiger partial charge in [0.05, 0.1) is 0 Å². The molecule has 2 aliphatic rings. The maximum atomic E-state index is 12.7. The second-order valence-electron chi connectivity index (χ2n) is 7.06. The van der Waals surface area contributed by atoms with Crippen molar-refractivity contribution in [3.05, 3.63) is 47.4 Å². The van der Waals surface area contributed by atoms with Crippen molar-refractivity contribution in [1.29, 1.82) is 0 Å². The van der Waals surface area contributed by atoms with Crippen molar-refractivity contribution in [2.45, 2.75) is 51.5 Å². The molecule has 26 heavy (non-hydrogen) atoms. The molecule has 0 aliphatic heterocycles. The minimum atomic E-state index is -0.583. The standard InChI is InChI=1S/C21H23NO4/c1-14-17-9-5-6-10-18(17)26-20(14)21(24)25-13-19(23)22(16-11-12-16)15-7-3-2-4-8-15/h5-7,9-10,16H,2-4,8,11-13H2,1H3. The Balaban J connectivity index is 1.45. The molecule has 1 heterocycles. The van der Waals surface area contributed by atoms with Crippen LogP contribution in [0.4, 0.5) is 0 Å². The maximum Gasteiger partial charge on any atom is 0.375 e. The fourth-order valence-electron chi connectivity index (χ4n) is 3.60. The van der Waals surface area contributed by atoms with Gasteiger partial charge >= 0.3 is 5.97 Å². The smallest absolute Gasteiger partial charge is 0.375 e. The average Bonchev–Trinajstić information content (AvgIpc) is 3.44. The van der Waals surface area contributed by atoms with Gasteiger partial charge in [0.2, 0.25) is 5.76 Å². The van der Waals surface area contributed by atoms with E-state index in [4.69, 9.17) is 9.15 Å². The largest absolute Gasteiger partial charge is 0.450 e. The molecule has 0 saturated heterocycles. The lowest BCUT2D eigenvalue weighted by Crippen LogP contribution is -2.36. The molecule has 5 heteroatoms. The molecule has 1 fully saturated rings. The van der Waals surface area contributed by atoms with E-state index < -0.39 is 5.97 Å². The van der Waals surface area contributed by atoms with Gasteiger partial charge in [-0.15, -0.1) is 0 Å². The summed E-state index contributed by atoms with van der Waals surface area (Å²) in [4.78, 5) is 27.0. The number of aryl methyl sites for hydroxylation is 1. The monoisotopic (exact) mass is 353 g/mol. The predicted octanol–water partition coefficient (Wildman–Crippen LogP) is 4.35. The van der Waals surface area contributed by atoms with Gasteiger partial charge in [0, 0.05) is 22.7 Å². The summed E-state index contributed by atoms with van der Waals surface area (Å²) in [6.07, 6.45) is 8.45. The SMILES string of the molecule is Cc1c(C(=O)OCC(=O)N(C2=CCCCC2)C2CC2)oc2ccccc12. The molecular weight excluding hydrogens is 330 g/mol. The van der Waals surface area contributed by atoms with Crippen molar-refractivity contribution in [3.63, 3.8) is 0 Å². The number of carbonyl (C=O) groups is 2. The van der Waals surface area contributed by atoms with E-state index in [1.165, 1.54) is 6.42 Å². The lowest BCUT2D eigenvalue weighted by Gasteiger charge is -2.27. The molecule has 2 aromatic rings. The zero-order chi connectivity index (χ0) is 18.1. The molecule has 1 saturated carbocycles. The Morgan fingerprint density at radius 3 is 2.73 bits per heavy atom. The summed E-state index contributed by atoms with van der Waals surface area (Å²) in [7, 11) is 0. The highest BCUT2D eigenvalue weighted by molar-refractivity contribution is 5.96. The number of hydrogen-bond acceptors (Lipinski definition) is 4. The van der Waals surface area contributed by atoms with E-state index >= 15 is 0 Å². The van der Waals surface area contributed by atoms with Crippen LogP contribution >= 0.6 is 0 Å². The van der Waals surface area contributed by atoms with E-state index in [0.29, 0.717) is 5.58 Å². The number of hydrogen-bond donors (Lipinski definition) is 0. The van der Waals surface area contributed by atoms with Gasteiger partial charge in [-0.2, -0.15) is 0 Å². The second kappa shape index (κ2) is 6.98. The fourth-order valence-corrected chi connectivity index (χ4v) is 3.60. The summed E-state index contributed by atoms with van der Waals surface area (Å²) in [5.74, 6) is -0.544. The lowest BCUT2D eigenvalue weighted by molar-refractivity contribution is -0.133. The topological polar surface area (TPSA) is 59.8 Å². The number of amides is 1. The summed E-state index contributed by atoms with van der Waals surface area (Å²) in [5.41, 5.74) is 2.49. The number of esters is 1. The molecule has 136 valence electrons. The normalized spacial score (nSPS) is 17.0. The van der Waals surface area contributed by atoms with Gasteiger partial charge in [0.1, 0.15) is 5.58 Å². The molecule has 2 aliphatic carbocycles. The summed E-state index contributed by atoms with van der Waals surface area (Å²) in [5, 5.41) is 0.887. The summed E-state index contributed by atoms with van der Waals surface area (Å²) < 4.78 is 10.9. The number of carbonyl (C=O) groups excluding carboxylic acids is 2. The van der Waals surface area contributed by atoms with Crippen LogP contribution in [-0.2, 0) is 9.53 Å². The van der Waals surface area contributed by atoms with E-state index in [-0.39, 0.29) is 24.3 Å². The van der Waals surface area contributed by atoms with Crippen LogP contribution < -0.4 is 0 Å². The predicted molar refractivity (Wildman–Crippen MR) is 97.7 cm³/mol. The van der Waals surface area contributed by atoms with E-state index in [1.54, 1.807) is 0 Å². The van der Waals surface area contributed by atoms with Gasteiger partial charge in [0.15, 0.2) is 6.61 Å². The van der Waals surface area contributed by atoms with Crippen molar-refractivity contribution in [2.75, 3.05) is 6.61 Å². The Bertz CT molecular complexity index is 875. The molecule has 0 atom stereocenters. The van der Waals surface area contributed by atoms with E-state index in [9.17, 15) is 9.59 Å². The van der Waals surface area contributed by atoms with Crippen molar-refractivity contribution in [2.24, 2.45) is 0 Å². The van der Waals surface area contributed by atoms with Crippen LogP contribution in [0.2, 0.25) is 0 Å². The number of allylic oxidation sites excluding steroid dienone is 2. The number of ether oxygens (including phenoxy) is 1. The zero-order valence-corrected chi connectivity index (χ0v) is 15.0. The molecule has 0 bridgehead atoms. The average molecular weight is 353 g/mol. The molecule has 1 aromatic carbocycles. The summed E-state index contributed by atoms with van der Waals surface area (Å²) in [6, 6.07) is 7.75. The van der Waals surface area contributed by atoms with Gasteiger partial charge < -0.3 is 14.1 Å². The van der Waals surface area contributed by atoms with Gasteiger partial charge in [-0.05, 0) is 51.5 Å². The first kappa shape index (κ1) is 16.9. The molecule has 0 unspecified atom stereocenters. The van der Waals surface area contributed by atoms with Crippen LogP contribution in [0.1, 0.15) is 54.6 Å². The van der Waals surface area contributed by atoms with E-state index in [1.807, 2.05) is 36.1 Å². The Labute approximate surface area is 152 Å². The molecule has 5 nitrogen and oxygen atoms in total. The van der Waals surface area contributed by atoms with Crippen LogP contribution in [0.5, 0.6) is 0 Å². The quantitative estimate of drug-likeness (QED) is 0.750. The van der Waals surface area contributed by atoms with Crippen molar-refractivity contribution in [3.8, 4) is 0 Å². The Morgan fingerprint density at radius 1 is 1.23 bits per heavy atom.